The SMILES string of the molecule is Cn1nc(OC(=O)c2cn(COC(=O)C(C)(C)C)c3nccnc23)c2ccc(F)cc21. The predicted octanol–water partition coefficient (Wildman–Crippen LogP) is 3.22. The van der Waals surface area contributed by atoms with Gasteiger partial charge in [0.1, 0.15) is 16.9 Å². The molecule has 3 heterocycles. The van der Waals surface area contributed by atoms with Gasteiger partial charge in [0.2, 0.25) is 5.88 Å². The van der Waals surface area contributed by atoms with Crippen LogP contribution in [0, 0.1) is 11.2 Å². The fraction of sp³-hybridized carbons (Fsp3) is 0.286. The Kier molecular flexibility index (Phi) is 4.92. The van der Waals surface area contributed by atoms with Crippen molar-refractivity contribution in [2.75, 3.05) is 0 Å². The molecule has 0 aliphatic carbocycles. The summed E-state index contributed by atoms with van der Waals surface area (Å²) in [5, 5.41) is 4.66. The minimum atomic E-state index is -0.712. The molecule has 0 radical (unpaired) electrons. The predicted molar refractivity (Wildman–Crippen MR) is 109 cm³/mol. The molecule has 10 heteroatoms. The van der Waals surface area contributed by atoms with Crippen molar-refractivity contribution in [2.24, 2.45) is 12.5 Å². The van der Waals surface area contributed by atoms with Gasteiger partial charge in [-0.15, -0.1) is 5.10 Å². The van der Waals surface area contributed by atoms with Gasteiger partial charge in [0.15, 0.2) is 12.4 Å². The highest BCUT2D eigenvalue weighted by molar-refractivity contribution is 6.03. The third kappa shape index (κ3) is 3.83. The molecule has 0 amide bonds. The lowest BCUT2D eigenvalue weighted by Crippen LogP contribution is -2.24. The maximum absolute atomic E-state index is 13.5. The molecule has 1 aromatic carbocycles. The number of esters is 2. The van der Waals surface area contributed by atoms with Crippen LogP contribution in [0.5, 0.6) is 5.88 Å². The molecule has 9 nitrogen and oxygen atoms in total. The number of carbonyl (C=O) groups is 2. The first-order chi connectivity index (χ1) is 14.6. The highest BCUT2D eigenvalue weighted by Crippen LogP contribution is 2.27. The summed E-state index contributed by atoms with van der Waals surface area (Å²) in [7, 11) is 1.63. The van der Waals surface area contributed by atoms with Gasteiger partial charge in [-0.2, -0.15) is 0 Å². The number of benzene rings is 1. The second-order valence-electron chi connectivity index (χ2n) is 8.03. The minimum absolute atomic E-state index is 0.0476. The minimum Gasteiger partial charge on any atom is -0.443 e. The molecule has 0 atom stereocenters. The summed E-state index contributed by atoms with van der Waals surface area (Å²) in [6, 6.07) is 4.07. The second kappa shape index (κ2) is 7.46. The Labute approximate surface area is 176 Å². The van der Waals surface area contributed by atoms with Gasteiger partial charge in [-0.3, -0.25) is 19.0 Å². The van der Waals surface area contributed by atoms with Crippen LogP contribution in [0.15, 0.2) is 36.8 Å². The molecular weight excluding hydrogens is 405 g/mol. The number of hydrogen-bond acceptors (Lipinski definition) is 7. The number of nitrogens with zero attached hydrogens (tertiary/aromatic N) is 5. The molecule has 0 unspecified atom stereocenters. The molecule has 0 spiro atoms. The lowest BCUT2D eigenvalue weighted by atomic mass is 9.98. The molecular formula is C21H20FN5O4. The van der Waals surface area contributed by atoms with Gasteiger partial charge in [-0.1, -0.05) is 0 Å². The number of carbonyl (C=O) groups excluding carboxylic acids is 2. The Morgan fingerprint density at radius 1 is 1.16 bits per heavy atom. The monoisotopic (exact) mass is 425 g/mol. The van der Waals surface area contributed by atoms with E-state index in [1.165, 1.54) is 46.0 Å². The van der Waals surface area contributed by atoms with Crippen LogP contribution in [-0.4, -0.2) is 36.3 Å². The molecule has 31 heavy (non-hydrogen) atoms. The zero-order chi connectivity index (χ0) is 22.3. The van der Waals surface area contributed by atoms with E-state index in [1.807, 2.05) is 0 Å². The number of fused-ring (bicyclic) bond motifs is 2. The first kappa shape index (κ1) is 20.5. The average molecular weight is 425 g/mol. The normalized spacial score (nSPS) is 11.8. The van der Waals surface area contributed by atoms with Crippen LogP contribution in [0.4, 0.5) is 4.39 Å². The highest BCUT2D eigenvalue weighted by Gasteiger charge is 2.25. The molecule has 0 aliphatic rings. The third-order valence-electron chi connectivity index (χ3n) is 4.63. The van der Waals surface area contributed by atoms with Crippen molar-refractivity contribution in [3.05, 3.63) is 48.2 Å². The number of rotatable bonds is 4. The van der Waals surface area contributed by atoms with Crippen LogP contribution in [0.25, 0.3) is 22.1 Å². The maximum atomic E-state index is 13.5. The van der Waals surface area contributed by atoms with E-state index >= 15 is 0 Å². The zero-order valence-electron chi connectivity index (χ0n) is 17.4. The highest BCUT2D eigenvalue weighted by atomic mass is 19.1. The van der Waals surface area contributed by atoms with Crippen molar-refractivity contribution >= 4 is 34.0 Å². The van der Waals surface area contributed by atoms with E-state index in [0.29, 0.717) is 22.1 Å². The topological polar surface area (TPSA) is 101 Å². The fourth-order valence-electron chi connectivity index (χ4n) is 3.02. The summed E-state index contributed by atoms with van der Waals surface area (Å²) in [4.78, 5) is 33.5. The quantitative estimate of drug-likeness (QED) is 0.463. The van der Waals surface area contributed by atoms with Gasteiger partial charge >= 0.3 is 11.9 Å². The number of hydrogen-bond donors (Lipinski definition) is 0. The van der Waals surface area contributed by atoms with Crippen LogP contribution in [0.1, 0.15) is 31.1 Å². The summed E-state index contributed by atoms with van der Waals surface area (Å²) in [6.07, 6.45) is 4.39. The summed E-state index contributed by atoms with van der Waals surface area (Å²) in [5.41, 5.74) is 0.611. The lowest BCUT2D eigenvalue weighted by Gasteiger charge is -2.16. The summed E-state index contributed by atoms with van der Waals surface area (Å²) in [6.45, 7) is 5.10. The number of aromatic nitrogens is 5. The van der Waals surface area contributed by atoms with Crippen LogP contribution in [0.2, 0.25) is 0 Å². The van der Waals surface area contributed by atoms with Gasteiger partial charge in [-0.05, 0) is 39.0 Å². The van der Waals surface area contributed by atoms with E-state index in [0.717, 1.165) is 0 Å². The van der Waals surface area contributed by atoms with Crippen molar-refractivity contribution in [3.63, 3.8) is 0 Å². The molecule has 0 N–H and O–H groups in total. The van der Waals surface area contributed by atoms with E-state index in [1.54, 1.807) is 27.8 Å². The number of halogens is 1. The van der Waals surface area contributed by atoms with Crippen LogP contribution in [-0.2, 0) is 23.3 Å². The largest absolute Gasteiger partial charge is 0.443 e. The number of ether oxygens (including phenoxy) is 2. The first-order valence-electron chi connectivity index (χ1n) is 9.46. The standard InChI is InChI=1S/C21H20FN5O4/c1-21(2,3)20(29)30-11-27-10-14(16-17(27)24-8-7-23-16)19(28)31-18-13-6-5-12(22)9-15(13)26(4)25-18/h5-10H,11H2,1-4H3. The summed E-state index contributed by atoms with van der Waals surface area (Å²) < 4.78 is 27.3. The van der Waals surface area contributed by atoms with E-state index in [9.17, 15) is 14.0 Å². The van der Waals surface area contributed by atoms with Gasteiger partial charge in [0.25, 0.3) is 0 Å². The molecule has 0 aliphatic heterocycles. The second-order valence-corrected chi connectivity index (χ2v) is 8.03. The van der Waals surface area contributed by atoms with Crippen molar-refractivity contribution < 1.29 is 23.5 Å². The Balaban J connectivity index is 1.65. The zero-order valence-corrected chi connectivity index (χ0v) is 17.4. The Bertz CT molecular complexity index is 1320. The van der Waals surface area contributed by atoms with Crippen LogP contribution < -0.4 is 4.74 Å². The molecule has 0 fully saturated rings. The van der Waals surface area contributed by atoms with E-state index in [2.05, 4.69) is 15.1 Å². The molecule has 160 valence electrons. The van der Waals surface area contributed by atoms with E-state index in [4.69, 9.17) is 9.47 Å². The third-order valence-corrected chi connectivity index (χ3v) is 4.63. The molecule has 0 saturated carbocycles. The van der Waals surface area contributed by atoms with Crippen molar-refractivity contribution in [3.8, 4) is 5.88 Å². The maximum Gasteiger partial charge on any atom is 0.348 e. The molecule has 0 bridgehead atoms. The van der Waals surface area contributed by atoms with E-state index < -0.39 is 23.2 Å². The Hall–Kier alpha value is -3.82. The summed E-state index contributed by atoms with van der Waals surface area (Å²) >= 11 is 0. The smallest absolute Gasteiger partial charge is 0.348 e. The van der Waals surface area contributed by atoms with Gasteiger partial charge in [-0.25, -0.2) is 14.2 Å². The summed E-state index contributed by atoms with van der Waals surface area (Å²) in [5.74, 6) is -1.48. The Morgan fingerprint density at radius 2 is 1.90 bits per heavy atom. The van der Waals surface area contributed by atoms with Crippen molar-refractivity contribution in [1.82, 2.24) is 24.3 Å². The van der Waals surface area contributed by atoms with Crippen molar-refractivity contribution in [1.29, 1.82) is 0 Å². The molecule has 3 aromatic heterocycles. The van der Waals surface area contributed by atoms with Gasteiger partial charge in [0.05, 0.1) is 16.3 Å². The molecule has 4 rings (SSSR count). The first-order valence-corrected chi connectivity index (χ1v) is 9.46. The molecule has 4 aromatic rings. The Morgan fingerprint density at radius 3 is 2.65 bits per heavy atom. The average Bonchev–Trinajstić information content (AvgIpc) is 3.23. The van der Waals surface area contributed by atoms with E-state index in [-0.39, 0.29) is 18.2 Å². The van der Waals surface area contributed by atoms with Crippen LogP contribution in [0.3, 0.4) is 0 Å². The number of aryl methyl sites for hydroxylation is 1. The molecule has 0 saturated heterocycles. The lowest BCUT2D eigenvalue weighted by molar-refractivity contribution is -0.156. The van der Waals surface area contributed by atoms with Gasteiger partial charge in [0, 0.05) is 25.6 Å². The van der Waals surface area contributed by atoms with Gasteiger partial charge < -0.3 is 9.47 Å². The fourth-order valence-corrected chi connectivity index (χ4v) is 3.02. The van der Waals surface area contributed by atoms with Crippen molar-refractivity contribution in [2.45, 2.75) is 27.5 Å². The van der Waals surface area contributed by atoms with Crippen LogP contribution >= 0.6 is 0 Å².